The van der Waals surface area contributed by atoms with Gasteiger partial charge in [0.15, 0.2) is 5.60 Å². The van der Waals surface area contributed by atoms with E-state index in [9.17, 15) is 13.2 Å². The monoisotopic (exact) mass is 168 g/mol. The molecule has 1 fully saturated rings. The molecule has 0 amide bonds. The van der Waals surface area contributed by atoms with Crippen LogP contribution in [0.15, 0.2) is 0 Å². The van der Waals surface area contributed by atoms with Crippen LogP contribution in [0.25, 0.3) is 0 Å². The zero-order valence-electron chi connectivity index (χ0n) is 6.28. The summed E-state index contributed by atoms with van der Waals surface area (Å²) in [7, 11) is 0. The van der Waals surface area contributed by atoms with Crippen molar-refractivity contribution in [1.82, 2.24) is 0 Å². The van der Waals surface area contributed by atoms with E-state index in [1.807, 2.05) is 0 Å². The molecule has 1 aliphatic rings. The fraction of sp³-hybridized carbons (Fsp3) is 1.00. The Labute approximate surface area is 63.2 Å². The van der Waals surface area contributed by atoms with Gasteiger partial charge >= 0.3 is 6.18 Å². The highest BCUT2D eigenvalue weighted by Crippen LogP contribution is 2.42. The Morgan fingerprint density at radius 3 is 2.09 bits per heavy atom. The molecule has 0 aliphatic heterocycles. The largest absolute Gasteiger partial charge is 0.416 e. The first kappa shape index (κ1) is 8.84. The van der Waals surface area contributed by atoms with Crippen LogP contribution >= 0.6 is 0 Å². The van der Waals surface area contributed by atoms with Crippen LogP contribution in [0.4, 0.5) is 13.2 Å². The van der Waals surface area contributed by atoms with Gasteiger partial charge in [-0.2, -0.15) is 13.2 Å². The summed E-state index contributed by atoms with van der Waals surface area (Å²) in [6.45, 7) is 0.839. The highest BCUT2D eigenvalue weighted by molar-refractivity contribution is 4.88. The van der Waals surface area contributed by atoms with E-state index in [1.165, 1.54) is 0 Å². The Balaban J connectivity index is 2.49. The Kier molecular flexibility index (Phi) is 1.90. The molecule has 1 aliphatic carbocycles. The lowest BCUT2D eigenvalue weighted by Gasteiger charge is -2.25. The Bertz CT molecular complexity index is 146. The van der Waals surface area contributed by atoms with Crippen molar-refractivity contribution < 1.29 is 18.3 Å². The number of alkyl halides is 3. The van der Waals surface area contributed by atoms with Crippen molar-refractivity contribution in [2.45, 2.75) is 38.0 Å². The molecule has 1 saturated carbocycles. The number of rotatable bonds is 2. The Hall–Kier alpha value is -0.250. The van der Waals surface area contributed by atoms with Gasteiger partial charge in [-0.25, -0.2) is 0 Å². The van der Waals surface area contributed by atoms with Gasteiger partial charge in [0.05, 0.1) is 0 Å². The second kappa shape index (κ2) is 2.37. The standard InChI is InChI=1S/C7H11F3O/c1-6(11,7(8,9)10)4-5-2-3-5/h5,11H,2-4H2,1H3. The van der Waals surface area contributed by atoms with E-state index in [2.05, 4.69) is 0 Å². The number of halogens is 3. The third-order valence-corrected chi connectivity index (χ3v) is 1.99. The molecule has 0 saturated heterocycles. The van der Waals surface area contributed by atoms with Crippen molar-refractivity contribution in [1.29, 1.82) is 0 Å². The highest BCUT2D eigenvalue weighted by Gasteiger charge is 2.51. The lowest BCUT2D eigenvalue weighted by atomic mass is 9.99. The van der Waals surface area contributed by atoms with Crippen molar-refractivity contribution in [2.24, 2.45) is 5.92 Å². The molecule has 11 heavy (non-hydrogen) atoms. The molecule has 4 heteroatoms. The molecular weight excluding hydrogens is 157 g/mol. The molecule has 1 rings (SSSR count). The van der Waals surface area contributed by atoms with Crippen LogP contribution in [0.2, 0.25) is 0 Å². The first-order valence-corrected chi connectivity index (χ1v) is 3.62. The molecule has 0 radical (unpaired) electrons. The first-order chi connectivity index (χ1) is 4.83. The second-order valence-corrected chi connectivity index (χ2v) is 3.42. The maximum atomic E-state index is 12.0. The van der Waals surface area contributed by atoms with E-state index in [4.69, 9.17) is 5.11 Å². The van der Waals surface area contributed by atoms with Crippen LogP contribution in [0.1, 0.15) is 26.2 Å². The maximum Gasteiger partial charge on any atom is 0.416 e. The van der Waals surface area contributed by atoms with Gasteiger partial charge in [0.1, 0.15) is 0 Å². The van der Waals surface area contributed by atoms with Gasteiger partial charge in [-0.05, 0) is 19.3 Å². The van der Waals surface area contributed by atoms with Crippen molar-refractivity contribution in [3.05, 3.63) is 0 Å². The van der Waals surface area contributed by atoms with Gasteiger partial charge in [-0.15, -0.1) is 0 Å². The zero-order valence-corrected chi connectivity index (χ0v) is 6.28. The summed E-state index contributed by atoms with van der Waals surface area (Å²) in [6.07, 6.45) is -2.97. The second-order valence-electron chi connectivity index (χ2n) is 3.42. The van der Waals surface area contributed by atoms with Gasteiger partial charge in [-0.1, -0.05) is 12.8 Å². The summed E-state index contributed by atoms with van der Waals surface area (Å²) in [5.74, 6) is 0.0895. The normalized spacial score (nSPS) is 24.8. The fourth-order valence-corrected chi connectivity index (χ4v) is 1.000. The molecule has 66 valence electrons. The minimum Gasteiger partial charge on any atom is -0.381 e. The smallest absolute Gasteiger partial charge is 0.381 e. The van der Waals surface area contributed by atoms with Gasteiger partial charge in [-0.3, -0.25) is 0 Å². The van der Waals surface area contributed by atoms with Crippen LogP contribution in [0, 0.1) is 5.92 Å². The molecule has 0 spiro atoms. The van der Waals surface area contributed by atoms with E-state index in [1.54, 1.807) is 0 Å². The predicted octanol–water partition coefficient (Wildman–Crippen LogP) is 2.10. The SMILES string of the molecule is CC(O)(CC1CC1)C(F)(F)F. The molecule has 0 heterocycles. The molecule has 1 N–H and O–H groups in total. The molecule has 1 unspecified atom stereocenters. The first-order valence-electron chi connectivity index (χ1n) is 3.62. The van der Waals surface area contributed by atoms with E-state index in [-0.39, 0.29) is 12.3 Å². The molecule has 0 aromatic heterocycles. The summed E-state index contributed by atoms with van der Waals surface area (Å²) in [5.41, 5.74) is -2.48. The number of hydrogen-bond acceptors (Lipinski definition) is 1. The quantitative estimate of drug-likeness (QED) is 0.669. The molecular formula is C7H11F3O. The highest BCUT2D eigenvalue weighted by atomic mass is 19.4. The molecule has 1 nitrogen and oxygen atoms in total. The summed E-state index contributed by atoms with van der Waals surface area (Å²) >= 11 is 0. The molecule has 1 atom stereocenters. The fourth-order valence-electron chi connectivity index (χ4n) is 1.000. The Morgan fingerprint density at radius 1 is 1.36 bits per heavy atom. The zero-order chi connectivity index (χ0) is 8.70. The molecule has 0 bridgehead atoms. The average Bonchev–Trinajstić information content (AvgIpc) is 2.45. The van der Waals surface area contributed by atoms with Crippen LogP contribution in [-0.4, -0.2) is 16.9 Å². The van der Waals surface area contributed by atoms with Gasteiger partial charge < -0.3 is 5.11 Å². The van der Waals surface area contributed by atoms with E-state index in [0.717, 1.165) is 19.8 Å². The number of aliphatic hydroxyl groups is 1. The van der Waals surface area contributed by atoms with Crippen molar-refractivity contribution in [3.8, 4) is 0 Å². The minimum atomic E-state index is -4.48. The minimum absolute atomic E-state index is 0.0895. The van der Waals surface area contributed by atoms with Crippen LogP contribution in [-0.2, 0) is 0 Å². The summed E-state index contributed by atoms with van der Waals surface area (Å²) < 4.78 is 35.9. The van der Waals surface area contributed by atoms with Gasteiger partial charge in [0.25, 0.3) is 0 Å². The number of hydrogen-bond donors (Lipinski definition) is 1. The van der Waals surface area contributed by atoms with Crippen LogP contribution in [0.5, 0.6) is 0 Å². The van der Waals surface area contributed by atoms with E-state index >= 15 is 0 Å². The molecule has 0 aromatic carbocycles. The average molecular weight is 168 g/mol. The summed E-state index contributed by atoms with van der Waals surface area (Å²) in [5, 5.41) is 8.94. The van der Waals surface area contributed by atoms with Crippen molar-refractivity contribution >= 4 is 0 Å². The summed E-state index contributed by atoms with van der Waals surface area (Å²) in [6, 6.07) is 0. The predicted molar refractivity (Wildman–Crippen MR) is 34.0 cm³/mol. The van der Waals surface area contributed by atoms with Crippen molar-refractivity contribution in [2.75, 3.05) is 0 Å². The van der Waals surface area contributed by atoms with Crippen molar-refractivity contribution in [3.63, 3.8) is 0 Å². The topological polar surface area (TPSA) is 20.2 Å². The van der Waals surface area contributed by atoms with E-state index < -0.39 is 11.8 Å². The van der Waals surface area contributed by atoms with E-state index in [0.29, 0.717) is 0 Å². The van der Waals surface area contributed by atoms with Crippen LogP contribution < -0.4 is 0 Å². The third-order valence-electron chi connectivity index (χ3n) is 1.99. The summed E-state index contributed by atoms with van der Waals surface area (Å²) in [4.78, 5) is 0. The van der Waals surface area contributed by atoms with Crippen LogP contribution in [0.3, 0.4) is 0 Å². The Morgan fingerprint density at radius 2 is 1.82 bits per heavy atom. The maximum absolute atomic E-state index is 12.0. The third kappa shape index (κ3) is 2.09. The molecule has 0 aromatic rings. The van der Waals surface area contributed by atoms with Gasteiger partial charge in [0, 0.05) is 0 Å². The lowest BCUT2D eigenvalue weighted by molar-refractivity contribution is -0.256. The lowest BCUT2D eigenvalue weighted by Crippen LogP contribution is -2.42. The van der Waals surface area contributed by atoms with Gasteiger partial charge in [0.2, 0.25) is 0 Å².